The van der Waals surface area contributed by atoms with Gasteiger partial charge in [0.15, 0.2) is 0 Å². The Morgan fingerprint density at radius 3 is 2.47 bits per heavy atom. The Hall–Kier alpha value is -2.21. The number of nitrogen functional groups attached to an aromatic ring is 1. The van der Waals surface area contributed by atoms with Crippen molar-refractivity contribution in [1.82, 2.24) is 10.2 Å². The number of aromatic amines is 2. The van der Waals surface area contributed by atoms with Gasteiger partial charge in [-0.2, -0.15) is 0 Å². The first-order valence-corrected chi connectivity index (χ1v) is 5.96. The molecule has 0 unspecified atom stereocenters. The molecule has 2 aromatic rings. The van der Waals surface area contributed by atoms with Gasteiger partial charge in [0.25, 0.3) is 5.56 Å². The van der Waals surface area contributed by atoms with E-state index in [2.05, 4.69) is 10.2 Å². The van der Waals surface area contributed by atoms with Crippen molar-refractivity contribution < 1.29 is 9.47 Å². The summed E-state index contributed by atoms with van der Waals surface area (Å²) in [5, 5.41) is 5.06. The van der Waals surface area contributed by atoms with Gasteiger partial charge in [-0.15, -0.1) is 0 Å². The molecule has 0 saturated carbocycles. The van der Waals surface area contributed by atoms with E-state index in [9.17, 15) is 4.79 Å². The molecule has 0 saturated heterocycles. The van der Waals surface area contributed by atoms with Gasteiger partial charge in [-0.05, 0) is 17.7 Å². The van der Waals surface area contributed by atoms with Gasteiger partial charge in [-0.1, -0.05) is 12.1 Å². The van der Waals surface area contributed by atoms with Crippen LogP contribution in [0.2, 0.25) is 0 Å². The smallest absolute Gasteiger partial charge is 0.269 e. The van der Waals surface area contributed by atoms with Gasteiger partial charge in [0.05, 0.1) is 12.2 Å². The highest BCUT2D eigenvalue weighted by Crippen LogP contribution is 2.15. The molecule has 0 amide bonds. The van der Waals surface area contributed by atoms with E-state index in [0.717, 1.165) is 11.3 Å². The molecule has 19 heavy (non-hydrogen) atoms. The quantitative estimate of drug-likeness (QED) is 0.675. The Labute approximate surface area is 110 Å². The number of H-pyrrole nitrogens is 2. The van der Waals surface area contributed by atoms with Crippen LogP contribution in [0.25, 0.3) is 0 Å². The van der Waals surface area contributed by atoms with Crippen molar-refractivity contribution in [3.05, 3.63) is 45.7 Å². The number of nitrogens with one attached hydrogen (secondary N) is 2. The number of nitrogens with two attached hydrogens (primary N) is 1. The summed E-state index contributed by atoms with van der Waals surface area (Å²) in [4.78, 5) is 11.5. The summed E-state index contributed by atoms with van der Waals surface area (Å²) in [6.07, 6.45) is 0.489. The van der Waals surface area contributed by atoms with Crippen LogP contribution in [0.1, 0.15) is 11.1 Å². The summed E-state index contributed by atoms with van der Waals surface area (Å²) in [6.45, 7) is 1.07. The van der Waals surface area contributed by atoms with Crippen molar-refractivity contribution in [2.24, 2.45) is 0 Å². The Morgan fingerprint density at radius 2 is 1.89 bits per heavy atom. The zero-order valence-electron chi connectivity index (χ0n) is 10.7. The molecule has 0 spiro atoms. The molecule has 0 aliphatic carbocycles. The summed E-state index contributed by atoms with van der Waals surface area (Å²) in [7, 11) is 1.63. The Kier molecular flexibility index (Phi) is 4.25. The van der Waals surface area contributed by atoms with Crippen LogP contribution in [0, 0.1) is 0 Å². The van der Waals surface area contributed by atoms with E-state index in [-0.39, 0.29) is 5.56 Å². The molecule has 2 rings (SSSR count). The molecule has 102 valence electrons. The fraction of sp³-hybridized carbons (Fsp3) is 0.308. The van der Waals surface area contributed by atoms with Gasteiger partial charge in [0.1, 0.15) is 18.2 Å². The largest absolute Gasteiger partial charge is 0.491 e. The van der Waals surface area contributed by atoms with Crippen molar-refractivity contribution >= 4 is 5.82 Å². The highest BCUT2D eigenvalue weighted by molar-refractivity contribution is 5.41. The first-order valence-electron chi connectivity index (χ1n) is 5.96. The Bertz CT molecular complexity index is 572. The van der Waals surface area contributed by atoms with Gasteiger partial charge < -0.3 is 15.2 Å². The molecule has 4 N–H and O–H groups in total. The highest BCUT2D eigenvalue weighted by Gasteiger charge is 2.07. The monoisotopic (exact) mass is 263 g/mol. The molecular formula is C13H17N3O3. The van der Waals surface area contributed by atoms with E-state index in [1.54, 1.807) is 7.11 Å². The number of anilines is 1. The average molecular weight is 263 g/mol. The van der Waals surface area contributed by atoms with Crippen molar-refractivity contribution in [3.63, 3.8) is 0 Å². The predicted octanol–water partition coefficient (Wildman–Crippen LogP) is 0.901. The molecule has 6 heteroatoms. The van der Waals surface area contributed by atoms with Crippen LogP contribution in [0.3, 0.4) is 0 Å². The van der Waals surface area contributed by atoms with Crippen molar-refractivity contribution in [1.29, 1.82) is 0 Å². The van der Waals surface area contributed by atoms with Gasteiger partial charge in [-0.3, -0.25) is 15.0 Å². The van der Waals surface area contributed by atoms with E-state index in [0.29, 0.717) is 31.0 Å². The highest BCUT2D eigenvalue weighted by atomic mass is 16.5. The number of rotatable bonds is 6. The lowest BCUT2D eigenvalue weighted by Crippen LogP contribution is -2.07. The summed E-state index contributed by atoms with van der Waals surface area (Å²) < 4.78 is 10.4. The van der Waals surface area contributed by atoms with Crippen LogP contribution in [0.15, 0.2) is 29.1 Å². The molecular weight excluding hydrogens is 246 g/mol. The maximum Gasteiger partial charge on any atom is 0.269 e. The normalized spacial score (nSPS) is 10.6. The molecule has 1 aromatic heterocycles. The van der Waals surface area contributed by atoms with Crippen LogP contribution >= 0.6 is 0 Å². The average Bonchev–Trinajstić information content (AvgIpc) is 2.73. The molecule has 1 aromatic carbocycles. The van der Waals surface area contributed by atoms with Gasteiger partial charge >= 0.3 is 0 Å². The third kappa shape index (κ3) is 3.38. The third-order valence-electron chi connectivity index (χ3n) is 2.77. The topological polar surface area (TPSA) is 93.1 Å². The standard InChI is InChI=1S/C13H17N3O3/c1-18-6-7-19-10-4-2-9(3-5-10)8-11-12(14)15-16-13(11)17/h2-5H,6-8H2,1H3,(H4,14,15,16,17). The fourth-order valence-electron chi connectivity index (χ4n) is 1.72. The van der Waals surface area contributed by atoms with E-state index < -0.39 is 0 Å². The van der Waals surface area contributed by atoms with E-state index in [1.165, 1.54) is 0 Å². The van der Waals surface area contributed by atoms with Crippen molar-refractivity contribution in [3.8, 4) is 5.75 Å². The zero-order chi connectivity index (χ0) is 13.7. The van der Waals surface area contributed by atoms with Crippen LogP contribution in [-0.2, 0) is 11.2 Å². The first-order chi connectivity index (χ1) is 9.20. The molecule has 1 heterocycles. The zero-order valence-corrected chi connectivity index (χ0v) is 10.7. The second kappa shape index (κ2) is 6.10. The fourth-order valence-corrected chi connectivity index (χ4v) is 1.72. The van der Waals surface area contributed by atoms with Gasteiger partial charge in [-0.25, -0.2) is 0 Å². The minimum Gasteiger partial charge on any atom is -0.491 e. The van der Waals surface area contributed by atoms with Crippen LogP contribution in [-0.4, -0.2) is 30.5 Å². The number of hydrogen-bond acceptors (Lipinski definition) is 4. The lowest BCUT2D eigenvalue weighted by Gasteiger charge is -2.06. The van der Waals surface area contributed by atoms with E-state index in [4.69, 9.17) is 15.2 Å². The number of methoxy groups -OCH3 is 1. The maximum absolute atomic E-state index is 11.5. The molecule has 0 fully saturated rings. The van der Waals surface area contributed by atoms with Crippen molar-refractivity contribution in [2.75, 3.05) is 26.1 Å². The summed E-state index contributed by atoms with van der Waals surface area (Å²) in [5.74, 6) is 1.15. The molecule has 0 bridgehead atoms. The SMILES string of the molecule is COCCOc1ccc(Cc2c(N)[nH][nH]c2=O)cc1. The van der Waals surface area contributed by atoms with Crippen LogP contribution in [0.5, 0.6) is 5.75 Å². The lowest BCUT2D eigenvalue weighted by atomic mass is 10.1. The number of ether oxygens (including phenoxy) is 2. The molecule has 0 aliphatic heterocycles. The number of benzene rings is 1. The van der Waals surface area contributed by atoms with Gasteiger partial charge in [0, 0.05) is 13.5 Å². The van der Waals surface area contributed by atoms with Gasteiger partial charge in [0.2, 0.25) is 0 Å². The Morgan fingerprint density at radius 1 is 1.16 bits per heavy atom. The number of aromatic nitrogens is 2. The molecule has 0 radical (unpaired) electrons. The molecule has 6 nitrogen and oxygen atoms in total. The third-order valence-corrected chi connectivity index (χ3v) is 2.77. The summed E-state index contributed by atoms with van der Waals surface area (Å²) >= 11 is 0. The van der Waals surface area contributed by atoms with E-state index in [1.807, 2.05) is 24.3 Å². The second-order valence-corrected chi connectivity index (χ2v) is 4.13. The minimum absolute atomic E-state index is 0.182. The van der Waals surface area contributed by atoms with Crippen LogP contribution in [0.4, 0.5) is 5.82 Å². The van der Waals surface area contributed by atoms with E-state index >= 15 is 0 Å². The van der Waals surface area contributed by atoms with Crippen LogP contribution < -0.4 is 16.0 Å². The first kappa shape index (κ1) is 13.2. The van der Waals surface area contributed by atoms with Crippen molar-refractivity contribution in [2.45, 2.75) is 6.42 Å². The second-order valence-electron chi connectivity index (χ2n) is 4.13. The maximum atomic E-state index is 11.5. The molecule has 0 aliphatic rings. The Balaban J connectivity index is 2.01. The molecule has 0 atom stereocenters. The summed E-state index contributed by atoms with van der Waals surface area (Å²) in [6, 6.07) is 7.55. The number of hydrogen-bond donors (Lipinski definition) is 3. The summed E-state index contributed by atoms with van der Waals surface area (Å²) in [5.41, 5.74) is 7.04. The lowest BCUT2D eigenvalue weighted by molar-refractivity contribution is 0.146. The predicted molar refractivity (Wildman–Crippen MR) is 72.4 cm³/mol. The minimum atomic E-state index is -0.182.